The van der Waals surface area contributed by atoms with Gasteiger partial charge in [0.05, 0.1) is 7.11 Å². The smallest absolute Gasteiger partial charge is 0.326 e. The van der Waals surface area contributed by atoms with Gasteiger partial charge in [-0.1, -0.05) is 13.8 Å². The van der Waals surface area contributed by atoms with E-state index >= 15 is 0 Å². The number of hydrogen-bond acceptors (Lipinski definition) is 3. The molecular formula is C6H18NO5PS. The summed E-state index contributed by atoms with van der Waals surface area (Å²) >= 11 is 0. The fourth-order valence-corrected chi connectivity index (χ4v) is 2.59. The van der Waals surface area contributed by atoms with Crippen molar-refractivity contribution in [3.8, 4) is 0 Å². The SMILES string of the molecule is CCN(CC)COS(OC)=P(O)(O)O. The molecule has 14 heavy (non-hydrogen) atoms. The zero-order valence-corrected chi connectivity index (χ0v) is 10.3. The predicted molar refractivity (Wildman–Crippen MR) is 56.8 cm³/mol. The van der Waals surface area contributed by atoms with Crippen LogP contribution in [-0.2, 0) is 19.0 Å². The highest BCUT2D eigenvalue weighted by molar-refractivity contribution is 8.22. The molecule has 0 radical (unpaired) electrons. The maximum absolute atomic E-state index is 8.90. The lowest BCUT2D eigenvalue weighted by Gasteiger charge is -2.19. The fraction of sp³-hybridized carbons (Fsp3) is 1.00. The molecule has 0 fully saturated rings. The maximum atomic E-state index is 8.90. The van der Waals surface area contributed by atoms with E-state index in [1.807, 2.05) is 18.7 Å². The van der Waals surface area contributed by atoms with Gasteiger partial charge in [-0.3, -0.25) is 13.3 Å². The van der Waals surface area contributed by atoms with Gasteiger partial charge in [-0.15, -0.1) is 0 Å². The quantitative estimate of drug-likeness (QED) is 0.454. The van der Waals surface area contributed by atoms with Crippen molar-refractivity contribution in [3.05, 3.63) is 0 Å². The van der Waals surface area contributed by atoms with Crippen molar-refractivity contribution >= 4 is 17.4 Å². The molecule has 0 aromatic heterocycles. The van der Waals surface area contributed by atoms with Crippen LogP contribution in [0.4, 0.5) is 0 Å². The molecule has 1 atom stereocenters. The van der Waals surface area contributed by atoms with Crippen LogP contribution in [0.1, 0.15) is 13.8 Å². The van der Waals surface area contributed by atoms with E-state index in [0.29, 0.717) is 0 Å². The minimum absolute atomic E-state index is 0.202. The molecule has 0 spiro atoms. The first-order valence-electron chi connectivity index (χ1n) is 4.18. The molecule has 0 aliphatic carbocycles. The van der Waals surface area contributed by atoms with Crippen molar-refractivity contribution in [3.63, 3.8) is 0 Å². The van der Waals surface area contributed by atoms with Crippen molar-refractivity contribution in [1.29, 1.82) is 0 Å². The average Bonchev–Trinajstić information content (AvgIpc) is 2.10. The molecule has 0 aromatic rings. The molecule has 0 saturated carbocycles. The number of nitrogens with zero attached hydrogens (tertiary/aromatic N) is 1. The third-order valence-corrected chi connectivity index (χ3v) is 4.53. The third kappa shape index (κ3) is 5.43. The second-order valence-electron chi connectivity index (χ2n) is 2.45. The summed E-state index contributed by atoms with van der Waals surface area (Å²) in [7, 11) is -0.384. The molecule has 0 aliphatic heterocycles. The van der Waals surface area contributed by atoms with E-state index in [1.54, 1.807) is 0 Å². The summed E-state index contributed by atoms with van der Waals surface area (Å²) in [6.07, 6.45) is 0. The summed E-state index contributed by atoms with van der Waals surface area (Å²) < 4.78 is 9.66. The minimum atomic E-state index is -4.05. The summed E-state index contributed by atoms with van der Waals surface area (Å²) in [5.74, 6) is 0. The van der Waals surface area contributed by atoms with Gasteiger partial charge >= 0.3 is 6.72 Å². The Labute approximate surface area is 86.7 Å². The average molecular weight is 247 g/mol. The Bertz CT molecular complexity index is 206. The fourth-order valence-electron chi connectivity index (χ4n) is 0.745. The molecule has 0 amide bonds. The van der Waals surface area contributed by atoms with Gasteiger partial charge in [-0.2, -0.15) is 0 Å². The summed E-state index contributed by atoms with van der Waals surface area (Å²) in [4.78, 5) is 28.6. The number of hydrogen-bond donors (Lipinski definition) is 3. The van der Waals surface area contributed by atoms with Crippen molar-refractivity contribution < 1.29 is 23.0 Å². The zero-order chi connectivity index (χ0) is 11.2. The van der Waals surface area contributed by atoms with Crippen molar-refractivity contribution in [2.24, 2.45) is 0 Å². The largest absolute Gasteiger partial charge is 0.328 e. The molecule has 0 aliphatic rings. The van der Waals surface area contributed by atoms with Crippen LogP contribution in [0, 0.1) is 0 Å². The molecular weight excluding hydrogens is 229 g/mol. The molecule has 3 N–H and O–H groups in total. The first-order chi connectivity index (χ1) is 6.45. The highest BCUT2D eigenvalue weighted by Gasteiger charge is 2.14. The van der Waals surface area contributed by atoms with Gasteiger partial charge in [0.15, 0.2) is 10.6 Å². The van der Waals surface area contributed by atoms with Crippen LogP contribution in [0.2, 0.25) is 0 Å². The van der Waals surface area contributed by atoms with Gasteiger partial charge in [0.2, 0.25) is 0 Å². The first kappa shape index (κ1) is 14.5. The van der Waals surface area contributed by atoms with Crippen LogP contribution in [0.3, 0.4) is 0 Å². The Balaban J connectivity index is 4.23. The molecule has 0 saturated heterocycles. The third-order valence-electron chi connectivity index (χ3n) is 1.57. The number of rotatable bonds is 6. The lowest BCUT2D eigenvalue weighted by atomic mass is 10.6. The van der Waals surface area contributed by atoms with Gasteiger partial charge in [0.1, 0.15) is 6.73 Å². The van der Waals surface area contributed by atoms with Crippen molar-refractivity contribution in [2.45, 2.75) is 13.8 Å². The molecule has 88 valence electrons. The van der Waals surface area contributed by atoms with Gasteiger partial charge in [0.25, 0.3) is 0 Å². The van der Waals surface area contributed by atoms with E-state index in [4.69, 9.17) is 18.9 Å². The summed E-state index contributed by atoms with van der Waals surface area (Å²) in [6, 6.07) is 0. The van der Waals surface area contributed by atoms with E-state index in [0.717, 1.165) is 13.1 Å². The van der Waals surface area contributed by atoms with Crippen molar-refractivity contribution in [1.82, 2.24) is 4.90 Å². The maximum Gasteiger partial charge on any atom is 0.328 e. The summed E-state index contributed by atoms with van der Waals surface area (Å²) in [5, 5.41) is 0. The second-order valence-corrected chi connectivity index (χ2v) is 6.84. The van der Waals surface area contributed by atoms with Crippen LogP contribution in [-0.4, -0.2) is 46.5 Å². The first-order valence-corrected chi connectivity index (χ1v) is 7.50. The Hall–Kier alpha value is 0.540. The molecule has 0 aromatic carbocycles. The Morgan fingerprint density at radius 1 is 1.21 bits per heavy atom. The molecule has 8 heteroatoms. The van der Waals surface area contributed by atoms with Crippen LogP contribution >= 0.6 is 6.72 Å². The highest BCUT2D eigenvalue weighted by Crippen LogP contribution is 2.37. The zero-order valence-electron chi connectivity index (χ0n) is 8.58. The lowest BCUT2D eigenvalue weighted by molar-refractivity contribution is 0.143. The summed E-state index contributed by atoms with van der Waals surface area (Å²) in [5.41, 5.74) is 0. The van der Waals surface area contributed by atoms with Crippen LogP contribution in [0.5, 0.6) is 0 Å². The predicted octanol–water partition coefficient (Wildman–Crippen LogP) is 0.0515. The molecule has 0 rings (SSSR count). The Morgan fingerprint density at radius 2 is 1.71 bits per heavy atom. The van der Waals surface area contributed by atoms with Gasteiger partial charge < -0.3 is 14.7 Å². The molecule has 1 unspecified atom stereocenters. The van der Waals surface area contributed by atoms with Crippen LogP contribution in [0.25, 0.3) is 0 Å². The topological polar surface area (TPSA) is 82.4 Å². The van der Waals surface area contributed by atoms with Gasteiger partial charge in [0, 0.05) is 0 Å². The van der Waals surface area contributed by atoms with Crippen molar-refractivity contribution in [2.75, 3.05) is 26.9 Å². The normalized spacial score (nSPS) is 14.8. The molecule has 6 nitrogen and oxygen atoms in total. The highest BCUT2D eigenvalue weighted by atomic mass is 32.5. The Kier molecular flexibility index (Phi) is 7.19. The van der Waals surface area contributed by atoms with Crippen LogP contribution in [0.15, 0.2) is 0 Å². The molecule has 0 heterocycles. The van der Waals surface area contributed by atoms with Gasteiger partial charge in [-0.25, -0.2) is 0 Å². The standard InChI is InChI=1S/C6H18NO5PS/c1-4-7(5-2)6-12-14(11-3)13(8,9)10/h8-10H,4-6H2,1-3H3. The Morgan fingerprint density at radius 3 is 2.00 bits per heavy atom. The monoisotopic (exact) mass is 247 g/mol. The van der Waals surface area contributed by atoms with Gasteiger partial charge in [-0.05, 0) is 13.1 Å². The van der Waals surface area contributed by atoms with E-state index in [-0.39, 0.29) is 6.73 Å². The van der Waals surface area contributed by atoms with E-state index in [1.165, 1.54) is 7.11 Å². The van der Waals surface area contributed by atoms with E-state index in [2.05, 4.69) is 4.18 Å². The second kappa shape index (κ2) is 6.92. The molecule has 0 bridgehead atoms. The summed E-state index contributed by atoms with van der Waals surface area (Å²) in [6.45, 7) is 1.63. The van der Waals surface area contributed by atoms with E-state index < -0.39 is 17.4 Å². The van der Waals surface area contributed by atoms with E-state index in [9.17, 15) is 0 Å². The minimum Gasteiger partial charge on any atom is -0.326 e. The lowest BCUT2D eigenvalue weighted by Crippen LogP contribution is -2.26. The van der Waals surface area contributed by atoms with Crippen LogP contribution < -0.4 is 0 Å².